The molecule has 0 N–H and O–H groups in total. The molecule has 8 aliphatic rings. The molecule has 4 aliphatic heterocycles. The first-order chi connectivity index (χ1) is 21.6. The van der Waals surface area contributed by atoms with Crippen molar-refractivity contribution < 1.29 is 37.9 Å². The first-order valence-electron chi connectivity index (χ1n) is 17.9. The summed E-state index contributed by atoms with van der Waals surface area (Å²) in [5.41, 5.74) is 2.75. The zero-order chi connectivity index (χ0) is 32.3. The summed E-state index contributed by atoms with van der Waals surface area (Å²) >= 11 is 0. The van der Waals surface area contributed by atoms with E-state index in [0.717, 1.165) is 38.5 Å². The maximum absolute atomic E-state index is 6.69. The van der Waals surface area contributed by atoms with Crippen molar-refractivity contribution in [3.63, 3.8) is 0 Å². The van der Waals surface area contributed by atoms with Crippen molar-refractivity contribution in [3.8, 4) is 0 Å². The Hall–Kier alpha value is -1.10. The fourth-order valence-corrected chi connectivity index (χ4v) is 9.79. The predicted molar refractivity (Wildman–Crippen MR) is 171 cm³/mol. The van der Waals surface area contributed by atoms with Gasteiger partial charge in [0.05, 0.1) is 50.8 Å². The van der Waals surface area contributed by atoms with Gasteiger partial charge in [-0.15, -0.1) is 0 Å². The van der Waals surface area contributed by atoms with Crippen molar-refractivity contribution in [3.05, 3.63) is 35.5 Å². The van der Waals surface area contributed by atoms with Crippen LogP contribution in [0.4, 0.5) is 0 Å². The molecule has 2 spiro atoms. The zero-order valence-electron chi connectivity index (χ0n) is 29.3. The van der Waals surface area contributed by atoms with Crippen molar-refractivity contribution in [2.24, 2.45) is 34.5 Å². The number of ether oxygens (including phenoxy) is 8. The Morgan fingerprint density at radius 1 is 0.500 bits per heavy atom. The van der Waals surface area contributed by atoms with Gasteiger partial charge in [0.1, 0.15) is 0 Å². The molecule has 4 aliphatic carbocycles. The van der Waals surface area contributed by atoms with Gasteiger partial charge in [-0.2, -0.15) is 0 Å². The normalized spacial score (nSPS) is 44.2. The van der Waals surface area contributed by atoms with Crippen LogP contribution >= 0.6 is 0 Å². The number of hydrogen-bond acceptors (Lipinski definition) is 8. The lowest BCUT2D eigenvalue weighted by Crippen LogP contribution is -2.58. The molecule has 8 rings (SSSR count). The maximum atomic E-state index is 6.69. The zero-order valence-corrected chi connectivity index (χ0v) is 29.3. The van der Waals surface area contributed by atoms with Crippen LogP contribution in [0.2, 0.25) is 0 Å². The highest BCUT2D eigenvalue weighted by molar-refractivity contribution is 5.37. The molecule has 8 heteroatoms. The third kappa shape index (κ3) is 5.61. The van der Waals surface area contributed by atoms with Gasteiger partial charge >= 0.3 is 0 Å². The van der Waals surface area contributed by atoms with Crippen molar-refractivity contribution in [2.75, 3.05) is 26.4 Å². The minimum absolute atomic E-state index is 0.0158. The van der Waals surface area contributed by atoms with E-state index in [0.29, 0.717) is 26.4 Å². The average molecular weight is 641 g/mol. The highest BCUT2D eigenvalue weighted by Gasteiger charge is 2.60. The molecular formula is C38H56O8. The minimum atomic E-state index is -0.603. The molecule has 4 saturated heterocycles. The van der Waals surface area contributed by atoms with Gasteiger partial charge in [0.15, 0.2) is 23.1 Å². The first-order valence-corrected chi connectivity index (χ1v) is 17.9. The van der Waals surface area contributed by atoms with E-state index in [1.165, 1.54) is 11.1 Å². The van der Waals surface area contributed by atoms with E-state index in [1.54, 1.807) is 0 Å². The molecule has 0 radical (unpaired) electrons. The van der Waals surface area contributed by atoms with Crippen LogP contribution in [0.1, 0.15) is 93.9 Å². The SMILES string of the molecule is CC1(C)COC2(CC=C(/C=C/C3=CCC4(OCC(C)(C)CO4)[C@H]4C[C@@H]5OC(C)(C)O[C@@H]5C[C@H]34)[C@H]3C[C@H]4OC(C)(C)O[C@H]4C[C@@H]32)OC1. The minimum Gasteiger partial charge on any atom is -0.349 e. The van der Waals surface area contributed by atoms with Crippen LogP contribution in [0.3, 0.4) is 0 Å². The Bertz CT molecular complexity index is 1190. The maximum Gasteiger partial charge on any atom is 0.175 e. The molecule has 6 fully saturated rings. The second-order valence-corrected chi connectivity index (χ2v) is 18.1. The van der Waals surface area contributed by atoms with Crippen LogP contribution in [-0.4, -0.2) is 74.0 Å². The average Bonchev–Trinajstić information content (AvgIpc) is 3.46. The third-order valence-corrected chi connectivity index (χ3v) is 12.0. The fourth-order valence-electron chi connectivity index (χ4n) is 9.79. The number of allylic oxidation sites excluding steroid dienone is 4. The predicted octanol–water partition coefficient (Wildman–Crippen LogP) is 6.83. The fraction of sp³-hybridized carbons (Fsp3) is 0.842. The molecule has 0 bridgehead atoms. The van der Waals surface area contributed by atoms with E-state index in [9.17, 15) is 0 Å². The Morgan fingerprint density at radius 2 is 0.826 bits per heavy atom. The summed E-state index contributed by atoms with van der Waals surface area (Å²) in [6.45, 7) is 19.8. The molecule has 4 heterocycles. The summed E-state index contributed by atoms with van der Waals surface area (Å²) in [5, 5.41) is 0. The molecule has 8 atom stereocenters. The van der Waals surface area contributed by atoms with E-state index in [1.807, 2.05) is 27.7 Å². The van der Waals surface area contributed by atoms with Gasteiger partial charge in [0.25, 0.3) is 0 Å². The lowest BCUT2D eigenvalue weighted by molar-refractivity contribution is -0.334. The van der Waals surface area contributed by atoms with Crippen LogP contribution in [-0.2, 0) is 37.9 Å². The molecule has 46 heavy (non-hydrogen) atoms. The highest BCUT2D eigenvalue weighted by atomic mass is 16.8. The van der Waals surface area contributed by atoms with Crippen LogP contribution in [0.5, 0.6) is 0 Å². The molecule has 0 unspecified atom stereocenters. The van der Waals surface area contributed by atoms with Gasteiger partial charge in [-0.1, -0.05) is 52.0 Å². The van der Waals surface area contributed by atoms with E-state index in [-0.39, 0.29) is 58.9 Å². The highest BCUT2D eigenvalue weighted by Crippen LogP contribution is 2.56. The number of hydrogen-bond donors (Lipinski definition) is 0. The number of fused-ring (bicyclic) bond motifs is 6. The Morgan fingerprint density at radius 3 is 1.17 bits per heavy atom. The van der Waals surface area contributed by atoms with Crippen LogP contribution in [0, 0.1) is 34.5 Å². The van der Waals surface area contributed by atoms with Gasteiger partial charge in [-0.3, -0.25) is 0 Å². The summed E-state index contributed by atoms with van der Waals surface area (Å²) < 4.78 is 52.5. The Labute approximate surface area is 275 Å². The molecule has 256 valence electrons. The van der Waals surface area contributed by atoms with Crippen LogP contribution < -0.4 is 0 Å². The summed E-state index contributed by atoms with van der Waals surface area (Å²) in [5.74, 6) is -1.39. The van der Waals surface area contributed by atoms with Crippen molar-refractivity contribution in [2.45, 2.75) is 141 Å². The Balaban J connectivity index is 1.09. The van der Waals surface area contributed by atoms with E-state index in [4.69, 9.17) is 37.9 Å². The topological polar surface area (TPSA) is 73.8 Å². The second kappa shape index (κ2) is 10.7. The molecule has 0 aromatic rings. The van der Waals surface area contributed by atoms with E-state index >= 15 is 0 Å². The van der Waals surface area contributed by atoms with Gasteiger partial charge in [-0.25, -0.2) is 0 Å². The van der Waals surface area contributed by atoms with Crippen LogP contribution in [0.25, 0.3) is 0 Å². The van der Waals surface area contributed by atoms with Gasteiger partial charge in [-0.05, 0) is 76.4 Å². The van der Waals surface area contributed by atoms with Crippen molar-refractivity contribution >= 4 is 0 Å². The molecular weight excluding hydrogens is 584 g/mol. The van der Waals surface area contributed by atoms with Gasteiger partial charge in [0, 0.05) is 35.5 Å². The summed E-state index contributed by atoms with van der Waals surface area (Å²) in [4.78, 5) is 0. The molecule has 0 aromatic heterocycles. The van der Waals surface area contributed by atoms with E-state index < -0.39 is 23.1 Å². The largest absolute Gasteiger partial charge is 0.349 e. The first kappa shape index (κ1) is 32.1. The quantitative estimate of drug-likeness (QED) is 0.325. The molecule has 8 nitrogen and oxygen atoms in total. The summed E-state index contributed by atoms with van der Waals surface area (Å²) in [6, 6.07) is 0. The van der Waals surface area contributed by atoms with E-state index in [2.05, 4.69) is 52.0 Å². The standard InChI is InChI=1S/C38H56O8/c1-33(2)19-39-37(40-20-33)13-11-23(25-15-29-31(17-27(25)37)45-35(5,6)43-29)9-10-24-12-14-38(41-21-34(3,4)22-42-38)28-18-32-30(16-26(24)28)44-36(7,8)46-32/h9-12,25-32H,13-22H2,1-8H3/b10-9+/t25-,26-,27+,28+,29-,30-,31+,32+/m1/s1. The molecule has 0 aromatic carbocycles. The van der Waals surface area contributed by atoms with Gasteiger partial charge in [0.2, 0.25) is 0 Å². The summed E-state index contributed by atoms with van der Waals surface area (Å²) in [6.07, 6.45) is 14.9. The van der Waals surface area contributed by atoms with Crippen molar-refractivity contribution in [1.29, 1.82) is 0 Å². The smallest absolute Gasteiger partial charge is 0.175 e. The second-order valence-electron chi connectivity index (χ2n) is 18.1. The van der Waals surface area contributed by atoms with Gasteiger partial charge < -0.3 is 37.9 Å². The lowest BCUT2D eigenvalue weighted by atomic mass is 9.63. The Kier molecular flexibility index (Phi) is 7.47. The monoisotopic (exact) mass is 640 g/mol. The van der Waals surface area contributed by atoms with Crippen LogP contribution in [0.15, 0.2) is 35.5 Å². The number of rotatable bonds is 2. The summed E-state index contributed by atoms with van der Waals surface area (Å²) in [7, 11) is 0. The van der Waals surface area contributed by atoms with Crippen molar-refractivity contribution in [1.82, 2.24) is 0 Å². The molecule has 2 saturated carbocycles. The third-order valence-electron chi connectivity index (χ3n) is 12.0. The molecule has 0 amide bonds. The lowest BCUT2D eigenvalue weighted by Gasteiger charge is -2.54.